The van der Waals surface area contributed by atoms with Crippen LogP contribution < -0.4 is 5.32 Å². The number of hydrogen-bond donors (Lipinski definition) is 1. The third kappa shape index (κ3) is 2.74. The molecule has 4 rings (SSSR count). The van der Waals surface area contributed by atoms with Crippen molar-refractivity contribution < 1.29 is 4.79 Å². The van der Waals surface area contributed by atoms with E-state index >= 15 is 0 Å². The summed E-state index contributed by atoms with van der Waals surface area (Å²) in [7, 11) is 0. The molecule has 2 aromatic carbocycles. The van der Waals surface area contributed by atoms with Gasteiger partial charge in [0, 0.05) is 33.2 Å². The summed E-state index contributed by atoms with van der Waals surface area (Å²) in [4.78, 5) is 12.4. The second kappa shape index (κ2) is 6.19. The summed E-state index contributed by atoms with van der Waals surface area (Å²) < 4.78 is 2.21. The average molecular weight is 363 g/mol. The molecule has 0 atom stereocenters. The normalized spacial score (nSPS) is 14.6. The number of carbonyl (C=O) groups excluding carboxylic acids is 1. The van der Waals surface area contributed by atoms with Crippen molar-refractivity contribution in [3.63, 3.8) is 0 Å². The van der Waals surface area contributed by atoms with Crippen LogP contribution in [0.1, 0.15) is 28.1 Å². The highest BCUT2D eigenvalue weighted by Gasteiger charge is 2.24. The fraction of sp³-hybridized carbons (Fsp3) is 0.136. The molecule has 26 heavy (non-hydrogen) atoms. The number of nitrogens with zero attached hydrogens (tertiary/aromatic N) is 1. The topological polar surface area (TPSA) is 34.0 Å². The quantitative estimate of drug-likeness (QED) is 0.596. The Morgan fingerprint density at radius 1 is 1.00 bits per heavy atom. The lowest BCUT2D eigenvalue weighted by Gasteiger charge is -2.10. The lowest BCUT2D eigenvalue weighted by Crippen LogP contribution is -2.03. The van der Waals surface area contributed by atoms with Gasteiger partial charge in [-0.1, -0.05) is 35.4 Å². The monoisotopic (exact) mass is 362 g/mol. The van der Waals surface area contributed by atoms with E-state index in [2.05, 4.69) is 61.0 Å². The van der Waals surface area contributed by atoms with Gasteiger partial charge in [0.15, 0.2) is 0 Å². The Hall–Kier alpha value is -2.78. The molecule has 0 unspecified atom stereocenters. The molecule has 130 valence electrons. The van der Waals surface area contributed by atoms with Gasteiger partial charge in [-0.3, -0.25) is 4.79 Å². The summed E-state index contributed by atoms with van der Waals surface area (Å²) in [5.41, 5.74) is 7.95. The summed E-state index contributed by atoms with van der Waals surface area (Å²) >= 11 is 6.03. The van der Waals surface area contributed by atoms with Crippen molar-refractivity contribution in [2.45, 2.75) is 20.8 Å². The number of rotatable bonds is 2. The first kappa shape index (κ1) is 16.7. The average Bonchev–Trinajstić information content (AvgIpc) is 3.05. The van der Waals surface area contributed by atoms with Gasteiger partial charge in [-0.2, -0.15) is 0 Å². The third-order valence-electron chi connectivity index (χ3n) is 4.83. The molecule has 1 aromatic heterocycles. The Balaban J connectivity index is 1.81. The van der Waals surface area contributed by atoms with Crippen molar-refractivity contribution in [1.82, 2.24) is 4.57 Å². The van der Waals surface area contributed by atoms with Gasteiger partial charge in [-0.15, -0.1) is 0 Å². The Labute approximate surface area is 157 Å². The zero-order chi connectivity index (χ0) is 18.4. The number of fused-ring (bicyclic) bond motifs is 1. The lowest BCUT2D eigenvalue weighted by atomic mass is 10.0. The van der Waals surface area contributed by atoms with Gasteiger partial charge in [0.25, 0.3) is 5.91 Å². The molecular weight excluding hydrogens is 344 g/mol. The minimum absolute atomic E-state index is 0.0950. The van der Waals surface area contributed by atoms with Crippen molar-refractivity contribution in [1.29, 1.82) is 0 Å². The van der Waals surface area contributed by atoms with Crippen LogP contribution in [0.2, 0.25) is 5.02 Å². The number of anilines is 1. The van der Waals surface area contributed by atoms with Crippen LogP contribution >= 0.6 is 11.6 Å². The van der Waals surface area contributed by atoms with E-state index in [0.717, 1.165) is 33.9 Å². The highest BCUT2D eigenvalue weighted by Crippen LogP contribution is 2.35. The van der Waals surface area contributed by atoms with Crippen LogP contribution in [0.5, 0.6) is 0 Å². The van der Waals surface area contributed by atoms with Crippen molar-refractivity contribution in [3.8, 4) is 5.69 Å². The van der Waals surface area contributed by atoms with Crippen molar-refractivity contribution in [3.05, 3.63) is 81.6 Å². The van der Waals surface area contributed by atoms with Gasteiger partial charge in [0.1, 0.15) is 0 Å². The summed E-state index contributed by atoms with van der Waals surface area (Å²) in [6.45, 7) is 6.24. The minimum Gasteiger partial charge on any atom is -0.321 e. The molecule has 0 spiro atoms. The molecular formula is C22H19ClN2O. The molecule has 1 aliphatic heterocycles. The van der Waals surface area contributed by atoms with E-state index < -0.39 is 0 Å². The molecule has 1 N–H and O–H groups in total. The number of hydrogen-bond acceptors (Lipinski definition) is 1. The molecule has 4 heteroatoms. The standard InChI is InChI=1S/C22H19ClN2O/c1-13-4-7-18(8-5-13)25-14(2)10-16(15(25)3)11-20-19-9-6-17(23)12-21(19)24-22(20)26/h4-12H,1-3H3,(H,24,26). The van der Waals surface area contributed by atoms with E-state index in [4.69, 9.17) is 11.6 Å². The van der Waals surface area contributed by atoms with Gasteiger partial charge in [-0.05, 0) is 62.7 Å². The zero-order valence-electron chi connectivity index (χ0n) is 14.9. The number of carbonyl (C=O) groups is 1. The molecule has 3 nitrogen and oxygen atoms in total. The molecule has 0 saturated carbocycles. The maximum Gasteiger partial charge on any atom is 0.256 e. The number of halogens is 1. The van der Waals surface area contributed by atoms with E-state index in [-0.39, 0.29) is 5.91 Å². The maximum absolute atomic E-state index is 12.4. The Bertz CT molecular complexity index is 1060. The van der Waals surface area contributed by atoms with Crippen LogP contribution in [0.4, 0.5) is 5.69 Å². The van der Waals surface area contributed by atoms with Gasteiger partial charge in [0.2, 0.25) is 0 Å². The van der Waals surface area contributed by atoms with Crippen molar-refractivity contribution >= 4 is 34.8 Å². The predicted molar refractivity (Wildman–Crippen MR) is 108 cm³/mol. The Morgan fingerprint density at radius 2 is 1.73 bits per heavy atom. The first-order valence-corrected chi connectivity index (χ1v) is 8.91. The van der Waals surface area contributed by atoms with Gasteiger partial charge in [0.05, 0.1) is 5.69 Å². The van der Waals surface area contributed by atoms with Crippen molar-refractivity contribution in [2.75, 3.05) is 5.32 Å². The molecule has 2 heterocycles. The summed E-state index contributed by atoms with van der Waals surface area (Å²) in [6, 6.07) is 16.0. The van der Waals surface area contributed by atoms with E-state index in [1.807, 2.05) is 18.2 Å². The van der Waals surface area contributed by atoms with E-state index in [0.29, 0.717) is 10.6 Å². The Morgan fingerprint density at radius 3 is 2.46 bits per heavy atom. The number of aromatic nitrogens is 1. The molecule has 0 aliphatic carbocycles. The molecule has 0 saturated heterocycles. The van der Waals surface area contributed by atoms with Gasteiger partial charge >= 0.3 is 0 Å². The number of amides is 1. The van der Waals surface area contributed by atoms with E-state index in [1.54, 1.807) is 6.07 Å². The third-order valence-corrected chi connectivity index (χ3v) is 5.06. The first-order chi connectivity index (χ1) is 12.4. The van der Waals surface area contributed by atoms with Crippen LogP contribution in [-0.4, -0.2) is 10.5 Å². The molecule has 1 amide bonds. The number of nitrogens with one attached hydrogen (secondary N) is 1. The highest BCUT2D eigenvalue weighted by atomic mass is 35.5. The predicted octanol–water partition coefficient (Wildman–Crippen LogP) is 5.55. The fourth-order valence-electron chi connectivity index (χ4n) is 3.49. The van der Waals surface area contributed by atoms with Crippen LogP contribution in [0.3, 0.4) is 0 Å². The minimum atomic E-state index is -0.0950. The fourth-order valence-corrected chi connectivity index (χ4v) is 3.66. The molecule has 1 aliphatic rings. The van der Waals surface area contributed by atoms with E-state index in [1.165, 1.54) is 5.56 Å². The summed E-state index contributed by atoms with van der Waals surface area (Å²) in [5.74, 6) is -0.0950. The molecule has 0 radical (unpaired) electrons. The van der Waals surface area contributed by atoms with Gasteiger partial charge in [-0.25, -0.2) is 0 Å². The lowest BCUT2D eigenvalue weighted by molar-refractivity contribution is -0.110. The second-order valence-electron chi connectivity index (χ2n) is 6.70. The SMILES string of the molecule is Cc1ccc(-n2c(C)cc(C=C3C(=O)Nc4cc(Cl)ccc43)c2C)cc1. The van der Waals surface area contributed by atoms with E-state index in [9.17, 15) is 4.79 Å². The smallest absolute Gasteiger partial charge is 0.256 e. The number of aryl methyl sites for hydroxylation is 2. The maximum atomic E-state index is 12.4. The van der Waals surface area contributed by atoms with Crippen molar-refractivity contribution in [2.24, 2.45) is 0 Å². The van der Waals surface area contributed by atoms with Gasteiger partial charge < -0.3 is 9.88 Å². The molecule has 0 bridgehead atoms. The van der Waals surface area contributed by atoms with Crippen LogP contribution in [0.25, 0.3) is 17.3 Å². The summed E-state index contributed by atoms with van der Waals surface area (Å²) in [6.07, 6.45) is 1.96. The first-order valence-electron chi connectivity index (χ1n) is 8.53. The largest absolute Gasteiger partial charge is 0.321 e. The zero-order valence-corrected chi connectivity index (χ0v) is 15.7. The van der Waals surface area contributed by atoms with Crippen LogP contribution in [0.15, 0.2) is 48.5 Å². The highest BCUT2D eigenvalue weighted by molar-refractivity contribution is 6.36. The number of benzene rings is 2. The van der Waals surface area contributed by atoms with Crippen LogP contribution in [-0.2, 0) is 4.79 Å². The summed E-state index contributed by atoms with van der Waals surface area (Å²) in [5, 5.41) is 3.50. The molecule has 3 aromatic rings. The second-order valence-corrected chi connectivity index (χ2v) is 7.14. The van der Waals surface area contributed by atoms with Crippen LogP contribution in [0, 0.1) is 20.8 Å². The Kier molecular flexibility index (Phi) is 3.97. The molecule has 0 fully saturated rings.